The van der Waals surface area contributed by atoms with E-state index in [0.717, 1.165) is 5.69 Å². The normalized spacial score (nSPS) is 18.3. The molecule has 0 bridgehead atoms. The molecular formula is C20H30N4O6. The van der Waals surface area contributed by atoms with Gasteiger partial charge in [0.1, 0.15) is 0 Å². The van der Waals surface area contributed by atoms with Crippen molar-refractivity contribution in [2.24, 2.45) is 0 Å². The van der Waals surface area contributed by atoms with Gasteiger partial charge in [-0.15, -0.1) is 0 Å². The van der Waals surface area contributed by atoms with E-state index in [1.807, 2.05) is 40.1 Å². The molecule has 0 radical (unpaired) electrons. The van der Waals surface area contributed by atoms with Gasteiger partial charge in [-0.2, -0.15) is 0 Å². The molecule has 10 heteroatoms. The van der Waals surface area contributed by atoms with E-state index in [2.05, 4.69) is 4.90 Å². The molecule has 0 aliphatic carbocycles. The quantitative estimate of drug-likeness (QED) is 0.538. The van der Waals surface area contributed by atoms with E-state index >= 15 is 0 Å². The minimum atomic E-state index is -0.966. The third-order valence-corrected chi connectivity index (χ3v) is 5.04. The van der Waals surface area contributed by atoms with E-state index in [0.29, 0.717) is 52.4 Å². The van der Waals surface area contributed by atoms with Crippen LogP contribution in [0.1, 0.15) is 0 Å². The maximum atomic E-state index is 11.3. The first-order chi connectivity index (χ1) is 14.3. The molecule has 0 saturated carbocycles. The average Bonchev–Trinajstić information content (AvgIpc) is 2.67. The lowest BCUT2D eigenvalue weighted by Crippen LogP contribution is -2.48. The largest absolute Gasteiger partial charge is 0.480 e. The molecule has 1 saturated heterocycles. The number of benzene rings is 1. The van der Waals surface area contributed by atoms with Crippen molar-refractivity contribution >= 4 is 23.6 Å². The summed E-state index contributed by atoms with van der Waals surface area (Å²) in [7, 11) is 0. The highest BCUT2D eigenvalue weighted by molar-refractivity contribution is 5.70. The Labute approximate surface area is 175 Å². The van der Waals surface area contributed by atoms with Crippen LogP contribution in [0, 0.1) is 0 Å². The summed E-state index contributed by atoms with van der Waals surface area (Å²) in [5, 5.41) is 27.7. The van der Waals surface area contributed by atoms with Gasteiger partial charge < -0.3 is 20.2 Å². The molecule has 1 heterocycles. The van der Waals surface area contributed by atoms with Crippen LogP contribution in [0.25, 0.3) is 0 Å². The number of carbonyl (C=O) groups is 3. The smallest absolute Gasteiger partial charge is 0.317 e. The van der Waals surface area contributed by atoms with Gasteiger partial charge in [0.25, 0.3) is 0 Å². The van der Waals surface area contributed by atoms with Gasteiger partial charge in [-0.3, -0.25) is 29.1 Å². The molecule has 166 valence electrons. The van der Waals surface area contributed by atoms with Gasteiger partial charge >= 0.3 is 17.9 Å². The number of para-hydroxylation sites is 1. The van der Waals surface area contributed by atoms with Gasteiger partial charge in [0.05, 0.1) is 19.6 Å². The third-order valence-electron chi connectivity index (χ3n) is 5.04. The van der Waals surface area contributed by atoms with Crippen molar-refractivity contribution in [1.29, 1.82) is 0 Å². The minimum Gasteiger partial charge on any atom is -0.480 e. The Kier molecular flexibility index (Phi) is 9.52. The number of rotatable bonds is 7. The second-order valence-corrected chi connectivity index (χ2v) is 7.33. The van der Waals surface area contributed by atoms with Crippen molar-refractivity contribution in [3.63, 3.8) is 0 Å². The maximum Gasteiger partial charge on any atom is 0.317 e. The Hall–Kier alpha value is -2.69. The highest BCUT2D eigenvalue weighted by Crippen LogP contribution is 2.13. The first-order valence-electron chi connectivity index (χ1n) is 9.96. The van der Waals surface area contributed by atoms with Crippen molar-refractivity contribution < 1.29 is 29.7 Å². The Balaban J connectivity index is 2.18. The van der Waals surface area contributed by atoms with Gasteiger partial charge in [0, 0.05) is 58.0 Å². The molecule has 1 aromatic rings. The predicted octanol–water partition coefficient (Wildman–Crippen LogP) is -0.334. The summed E-state index contributed by atoms with van der Waals surface area (Å²) in [6.45, 7) is 3.39. The van der Waals surface area contributed by atoms with Crippen LogP contribution < -0.4 is 4.90 Å². The van der Waals surface area contributed by atoms with E-state index in [4.69, 9.17) is 0 Å². The molecule has 3 N–H and O–H groups in total. The maximum absolute atomic E-state index is 11.3. The van der Waals surface area contributed by atoms with Crippen LogP contribution >= 0.6 is 0 Å². The van der Waals surface area contributed by atoms with Crippen molar-refractivity contribution in [1.82, 2.24) is 14.7 Å². The van der Waals surface area contributed by atoms with E-state index in [-0.39, 0.29) is 19.6 Å². The Morgan fingerprint density at radius 1 is 0.600 bits per heavy atom. The van der Waals surface area contributed by atoms with Crippen molar-refractivity contribution in [2.45, 2.75) is 0 Å². The molecule has 1 aliphatic heterocycles. The fourth-order valence-electron chi connectivity index (χ4n) is 3.48. The van der Waals surface area contributed by atoms with Crippen LogP contribution in [0.2, 0.25) is 0 Å². The number of aliphatic carboxylic acids is 3. The number of hydrogen-bond donors (Lipinski definition) is 3. The fraction of sp³-hybridized carbons (Fsp3) is 0.550. The first kappa shape index (κ1) is 23.6. The monoisotopic (exact) mass is 422 g/mol. The van der Waals surface area contributed by atoms with Crippen LogP contribution in [0.3, 0.4) is 0 Å². The summed E-state index contributed by atoms with van der Waals surface area (Å²) in [6.07, 6.45) is 0. The van der Waals surface area contributed by atoms with Crippen molar-refractivity contribution in [2.75, 3.05) is 76.9 Å². The zero-order valence-electron chi connectivity index (χ0n) is 17.0. The number of carboxylic acids is 3. The molecular weight excluding hydrogens is 392 g/mol. The zero-order chi connectivity index (χ0) is 21.9. The lowest BCUT2D eigenvalue weighted by atomic mass is 10.2. The van der Waals surface area contributed by atoms with E-state index < -0.39 is 17.9 Å². The van der Waals surface area contributed by atoms with Crippen molar-refractivity contribution in [3.8, 4) is 0 Å². The number of hydrogen-bond acceptors (Lipinski definition) is 7. The van der Waals surface area contributed by atoms with Crippen LogP contribution in [-0.4, -0.2) is 120 Å². The van der Waals surface area contributed by atoms with Crippen LogP contribution in [-0.2, 0) is 14.4 Å². The number of nitrogens with zero attached hydrogens (tertiary/aromatic N) is 4. The van der Waals surface area contributed by atoms with E-state index in [1.165, 1.54) is 0 Å². The Bertz CT molecular complexity index is 670. The molecule has 0 aromatic heterocycles. The summed E-state index contributed by atoms with van der Waals surface area (Å²) in [4.78, 5) is 41.2. The summed E-state index contributed by atoms with van der Waals surface area (Å²) in [6, 6.07) is 9.73. The van der Waals surface area contributed by atoms with E-state index in [1.54, 1.807) is 4.90 Å². The molecule has 0 unspecified atom stereocenters. The zero-order valence-corrected chi connectivity index (χ0v) is 17.0. The summed E-state index contributed by atoms with van der Waals surface area (Å²) in [5.74, 6) is -2.82. The molecule has 1 aromatic carbocycles. The lowest BCUT2D eigenvalue weighted by Gasteiger charge is -2.34. The van der Waals surface area contributed by atoms with Crippen LogP contribution in [0.15, 0.2) is 30.3 Å². The molecule has 2 rings (SSSR count). The first-order valence-corrected chi connectivity index (χ1v) is 9.96. The summed E-state index contributed by atoms with van der Waals surface area (Å²) < 4.78 is 0. The van der Waals surface area contributed by atoms with Gasteiger partial charge in [-0.1, -0.05) is 18.2 Å². The molecule has 30 heavy (non-hydrogen) atoms. The predicted molar refractivity (Wildman–Crippen MR) is 111 cm³/mol. The average molecular weight is 422 g/mol. The standard InChI is InChI=1S/C20H30N4O6/c25-18(26)14-21-6-8-22(15-19(27)28)10-12-24(17-4-2-1-3-5-17)13-11-23(9-7-21)16-20(29)30/h1-5H,6-16H2,(H,25,26)(H,27,28)(H,29,30). The molecule has 0 spiro atoms. The lowest BCUT2D eigenvalue weighted by molar-refractivity contribution is -0.140. The third kappa shape index (κ3) is 8.76. The second-order valence-electron chi connectivity index (χ2n) is 7.33. The van der Waals surface area contributed by atoms with Gasteiger partial charge in [0.15, 0.2) is 0 Å². The summed E-state index contributed by atoms with van der Waals surface area (Å²) in [5.41, 5.74) is 0.993. The fourth-order valence-corrected chi connectivity index (χ4v) is 3.48. The SMILES string of the molecule is O=C(O)CN1CCN(CC(=O)O)CCN(c2ccccc2)CCN(CC(=O)O)CC1. The Morgan fingerprint density at radius 2 is 0.933 bits per heavy atom. The second kappa shape index (κ2) is 12.1. The highest BCUT2D eigenvalue weighted by Gasteiger charge is 2.20. The molecule has 0 atom stereocenters. The number of carboxylic acid groups (broad SMARTS) is 3. The number of anilines is 1. The van der Waals surface area contributed by atoms with Crippen LogP contribution in [0.4, 0.5) is 5.69 Å². The Morgan fingerprint density at radius 3 is 1.27 bits per heavy atom. The molecule has 1 fully saturated rings. The topological polar surface area (TPSA) is 125 Å². The van der Waals surface area contributed by atoms with E-state index in [9.17, 15) is 29.7 Å². The highest BCUT2D eigenvalue weighted by atomic mass is 16.4. The van der Waals surface area contributed by atoms with Gasteiger partial charge in [0.2, 0.25) is 0 Å². The minimum absolute atomic E-state index is 0.116. The summed E-state index contributed by atoms with van der Waals surface area (Å²) >= 11 is 0. The van der Waals surface area contributed by atoms with Gasteiger partial charge in [-0.05, 0) is 12.1 Å². The molecule has 1 aliphatic rings. The molecule has 10 nitrogen and oxygen atoms in total. The van der Waals surface area contributed by atoms with Crippen LogP contribution in [0.5, 0.6) is 0 Å². The molecule has 0 amide bonds. The van der Waals surface area contributed by atoms with Crippen molar-refractivity contribution in [3.05, 3.63) is 30.3 Å². The van der Waals surface area contributed by atoms with Gasteiger partial charge in [-0.25, -0.2) is 0 Å².